The molecule has 6 nitrogen and oxygen atoms in total. The Bertz CT molecular complexity index is 150. The Morgan fingerprint density at radius 1 is 1.17 bits per heavy atom. The van der Waals surface area contributed by atoms with Gasteiger partial charge in [-0.3, -0.25) is 0 Å². The van der Waals surface area contributed by atoms with Gasteiger partial charge in [-0.05, 0) is 0 Å². The summed E-state index contributed by atoms with van der Waals surface area (Å²) < 4.78 is 4.66. The number of ether oxygens (including phenoxy) is 1. The second kappa shape index (κ2) is 3.65. The molecule has 0 saturated carbocycles. The standard InChI is InChI=1S/C6H13NO5/c7-3-4(9)2(1-8)12-6(11)5(3)10/h2-6,8-11H,1,7H2/t2-,3-,4+,5-,6-/m0/s1. The summed E-state index contributed by atoms with van der Waals surface area (Å²) in [5.41, 5.74) is 5.33. The van der Waals surface area contributed by atoms with Crippen LogP contribution in [0.2, 0.25) is 0 Å². The Labute approximate surface area is 69.2 Å². The maximum Gasteiger partial charge on any atom is 0.183 e. The molecule has 1 fully saturated rings. The fourth-order valence-corrected chi connectivity index (χ4v) is 1.13. The highest BCUT2D eigenvalue weighted by atomic mass is 16.6. The predicted octanol–water partition coefficient (Wildman–Crippen LogP) is -3.25. The lowest BCUT2D eigenvalue weighted by Crippen LogP contribution is -2.62. The van der Waals surface area contributed by atoms with Crippen molar-refractivity contribution in [3.05, 3.63) is 0 Å². The molecular formula is C6H13NO5. The van der Waals surface area contributed by atoms with Crippen LogP contribution >= 0.6 is 0 Å². The number of aliphatic hydroxyl groups is 4. The molecular weight excluding hydrogens is 166 g/mol. The number of aliphatic hydroxyl groups excluding tert-OH is 4. The van der Waals surface area contributed by atoms with Crippen molar-refractivity contribution in [1.82, 2.24) is 0 Å². The first-order chi connectivity index (χ1) is 5.57. The van der Waals surface area contributed by atoms with Crippen molar-refractivity contribution >= 4 is 0 Å². The summed E-state index contributed by atoms with van der Waals surface area (Å²) in [5.74, 6) is 0. The zero-order chi connectivity index (χ0) is 9.30. The molecule has 6 heteroatoms. The van der Waals surface area contributed by atoms with Crippen molar-refractivity contribution in [2.75, 3.05) is 6.61 Å². The molecule has 0 aromatic rings. The first-order valence-corrected chi connectivity index (χ1v) is 3.64. The molecule has 0 amide bonds. The first-order valence-electron chi connectivity index (χ1n) is 3.64. The van der Waals surface area contributed by atoms with Crippen molar-refractivity contribution < 1.29 is 25.2 Å². The Morgan fingerprint density at radius 3 is 2.25 bits per heavy atom. The zero-order valence-electron chi connectivity index (χ0n) is 6.37. The topological polar surface area (TPSA) is 116 Å². The largest absolute Gasteiger partial charge is 0.394 e. The van der Waals surface area contributed by atoms with Gasteiger partial charge < -0.3 is 30.9 Å². The highest BCUT2D eigenvalue weighted by Crippen LogP contribution is 2.17. The summed E-state index contributed by atoms with van der Waals surface area (Å²) in [4.78, 5) is 0. The number of rotatable bonds is 1. The smallest absolute Gasteiger partial charge is 0.183 e. The predicted molar refractivity (Wildman–Crippen MR) is 38.0 cm³/mol. The van der Waals surface area contributed by atoms with Gasteiger partial charge in [0.25, 0.3) is 0 Å². The van der Waals surface area contributed by atoms with Crippen LogP contribution in [0.1, 0.15) is 0 Å². The first kappa shape index (κ1) is 9.85. The molecule has 1 aliphatic heterocycles. The third kappa shape index (κ3) is 1.58. The highest BCUT2D eigenvalue weighted by Gasteiger charge is 2.41. The maximum absolute atomic E-state index is 9.24. The van der Waals surface area contributed by atoms with Crippen LogP contribution in [0.25, 0.3) is 0 Å². The highest BCUT2D eigenvalue weighted by molar-refractivity contribution is 4.90. The van der Waals surface area contributed by atoms with Crippen molar-refractivity contribution in [2.45, 2.75) is 30.6 Å². The minimum absolute atomic E-state index is 0.446. The van der Waals surface area contributed by atoms with E-state index >= 15 is 0 Å². The molecule has 12 heavy (non-hydrogen) atoms. The van der Waals surface area contributed by atoms with Crippen molar-refractivity contribution in [2.24, 2.45) is 5.73 Å². The molecule has 0 aromatic heterocycles. The molecule has 1 heterocycles. The molecule has 72 valence electrons. The summed E-state index contributed by atoms with van der Waals surface area (Å²) in [6.45, 7) is -0.446. The van der Waals surface area contributed by atoms with E-state index in [4.69, 9.17) is 21.1 Å². The molecule has 0 aromatic carbocycles. The number of hydrogen-bond donors (Lipinski definition) is 5. The molecule has 0 spiro atoms. The number of nitrogens with two attached hydrogens (primary N) is 1. The molecule has 0 radical (unpaired) electrons. The Morgan fingerprint density at radius 2 is 1.75 bits per heavy atom. The Kier molecular flexibility index (Phi) is 2.99. The van der Waals surface area contributed by atoms with Gasteiger partial charge in [0.05, 0.1) is 12.6 Å². The van der Waals surface area contributed by atoms with E-state index in [2.05, 4.69) is 4.74 Å². The summed E-state index contributed by atoms with van der Waals surface area (Å²) in [5, 5.41) is 36.0. The van der Waals surface area contributed by atoms with Crippen molar-refractivity contribution in [3.8, 4) is 0 Å². The van der Waals surface area contributed by atoms with Crippen LogP contribution in [0.4, 0.5) is 0 Å². The fourth-order valence-electron chi connectivity index (χ4n) is 1.13. The summed E-state index contributed by atoms with van der Waals surface area (Å²) in [7, 11) is 0. The third-order valence-corrected chi connectivity index (χ3v) is 1.96. The molecule has 0 unspecified atom stereocenters. The van der Waals surface area contributed by atoms with E-state index in [1.165, 1.54) is 0 Å². The van der Waals surface area contributed by atoms with E-state index in [1.54, 1.807) is 0 Å². The minimum Gasteiger partial charge on any atom is -0.394 e. The van der Waals surface area contributed by atoms with Crippen LogP contribution in [0.15, 0.2) is 0 Å². The van der Waals surface area contributed by atoms with Crippen LogP contribution < -0.4 is 5.73 Å². The average Bonchev–Trinajstić information content (AvgIpc) is 2.08. The van der Waals surface area contributed by atoms with Crippen molar-refractivity contribution in [3.63, 3.8) is 0 Å². The average molecular weight is 179 g/mol. The fraction of sp³-hybridized carbons (Fsp3) is 1.00. The molecule has 0 aliphatic carbocycles. The van der Waals surface area contributed by atoms with Crippen LogP contribution in [0, 0.1) is 0 Å². The van der Waals surface area contributed by atoms with Gasteiger partial charge in [0, 0.05) is 0 Å². The lowest BCUT2D eigenvalue weighted by atomic mass is 9.97. The van der Waals surface area contributed by atoms with Gasteiger partial charge >= 0.3 is 0 Å². The van der Waals surface area contributed by atoms with Gasteiger partial charge in [0.15, 0.2) is 6.29 Å². The normalized spacial score (nSPS) is 49.2. The van der Waals surface area contributed by atoms with Crippen LogP contribution in [0.5, 0.6) is 0 Å². The molecule has 6 N–H and O–H groups in total. The SMILES string of the molecule is N[C@H]1[C@H](O)[C@H](CO)O[C@H](O)[C@H]1O. The Hall–Kier alpha value is -0.240. The van der Waals surface area contributed by atoms with Gasteiger partial charge in [-0.1, -0.05) is 0 Å². The Balaban J connectivity index is 2.63. The second-order valence-corrected chi connectivity index (χ2v) is 2.81. The second-order valence-electron chi connectivity index (χ2n) is 2.81. The molecule has 1 saturated heterocycles. The number of hydrogen-bond acceptors (Lipinski definition) is 6. The van der Waals surface area contributed by atoms with Crippen molar-refractivity contribution in [1.29, 1.82) is 0 Å². The van der Waals surface area contributed by atoms with Gasteiger partial charge in [0.1, 0.15) is 18.3 Å². The zero-order valence-corrected chi connectivity index (χ0v) is 6.37. The molecule has 1 rings (SSSR count). The van der Waals surface area contributed by atoms with Gasteiger partial charge in [-0.25, -0.2) is 0 Å². The summed E-state index contributed by atoms with van der Waals surface area (Å²) in [6, 6.07) is -0.995. The van der Waals surface area contributed by atoms with E-state index in [-0.39, 0.29) is 0 Å². The van der Waals surface area contributed by atoms with Crippen LogP contribution in [-0.2, 0) is 4.74 Å². The lowest BCUT2D eigenvalue weighted by Gasteiger charge is -2.38. The van der Waals surface area contributed by atoms with Gasteiger partial charge in [0.2, 0.25) is 0 Å². The molecule has 1 aliphatic rings. The van der Waals surface area contributed by atoms with E-state index in [1.807, 2.05) is 0 Å². The quantitative estimate of drug-likeness (QED) is 0.288. The van der Waals surface area contributed by atoms with Crippen LogP contribution in [-0.4, -0.2) is 57.7 Å². The minimum atomic E-state index is -1.44. The third-order valence-electron chi connectivity index (χ3n) is 1.96. The maximum atomic E-state index is 9.24. The van der Waals surface area contributed by atoms with E-state index in [0.29, 0.717) is 0 Å². The summed E-state index contributed by atoms with van der Waals surface area (Å²) >= 11 is 0. The monoisotopic (exact) mass is 179 g/mol. The van der Waals surface area contributed by atoms with Gasteiger partial charge in [-0.15, -0.1) is 0 Å². The molecule has 0 bridgehead atoms. The summed E-state index contributed by atoms with van der Waals surface area (Å²) in [6.07, 6.45) is -4.85. The van der Waals surface area contributed by atoms with Crippen LogP contribution in [0.3, 0.4) is 0 Å². The van der Waals surface area contributed by atoms with E-state index in [9.17, 15) is 5.11 Å². The van der Waals surface area contributed by atoms with E-state index in [0.717, 1.165) is 0 Å². The molecule has 5 atom stereocenters. The van der Waals surface area contributed by atoms with Gasteiger partial charge in [-0.2, -0.15) is 0 Å². The van der Waals surface area contributed by atoms with E-state index < -0.39 is 37.3 Å². The lowest BCUT2D eigenvalue weighted by molar-refractivity contribution is -0.258.